The quantitative estimate of drug-likeness (QED) is 0.714. The molecular formula is C22H28N4OS. The first-order valence-corrected chi connectivity index (χ1v) is 11.6. The first kappa shape index (κ1) is 18.2. The molecule has 1 amide bonds. The second kappa shape index (κ2) is 7.54. The molecule has 1 aromatic carbocycles. The lowest BCUT2D eigenvalue weighted by Gasteiger charge is -2.28. The van der Waals surface area contributed by atoms with Crippen LogP contribution in [0.25, 0.3) is 5.69 Å². The van der Waals surface area contributed by atoms with E-state index in [1.165, 1.54) is 50.3 Å². The van der Waals surface area contributed by atoms with Crippen molar-refractivity contribution in [3.63, 3.8) is 0 Å². The fraction of sp³-hybridized carbons (Fsp3) is 0.591. The number of para-hydroxylation sites is 1. The van der Waals surface area contributed by atoms with Gasteiger partial charge in [-0.05, 0) is 68.9 Å². The Morgan fingerprint density at radius 1 is 1.18 bits per heavy atom. The van der Waals surface area contributed by atoms with E-state index in [9.17, 15) is 4.79 Å². The van der Waals surface area contributed by atoms with E-state index in [1.54, 1.807) is 0 Å². The third-order valence-corrected chi connectivity index (χ3v) is 7.70. The smallest absolute Gasteiger partial charge is 0.230 e. The number of thioether (sulfide) groups is 1. The van der Waals surface area contributed by atoms with E-state index in [-0.39, 0.29) is 11.9 Å². The molecule has 4 atom stereocenters. The number of carbonyl (C=O) groups is 1. The summed E-state index contributed by atoms with van der Waals surface area (Å²) >= 11 is 1.49. The zero-order valence-electron chi connectivity index (χ0n) is 16.4. The number of hydrogen-bond acceptors (Lipinski definition) is 4. The molecule has 0 spiro atoms. The molecule has 3 aliphatic rings. The molecule has 3 fully saturated rings. The molecule has 0 aliphatic heterocycles. The summed E-state index contributed by atoms with van der Waals surface area (Å²) in [5.41, 5.74) is 1.08. The molecule has 0 saturated heterocycles. The summed E-state index contributed by atoms with van der Waals surface area (Å²) in [4.78, 5) is 12.6. The Morgan fingerprint density at radius 3 is 2.68 bits per heavy atom. The van der Waals surface area contributed by atoms with Crippen molar-refractivity contribution < 1.29 is 4.79 Å². The maximum absolute atomic E-state index is 12.6. The minimum Gasteiger partial charge on any atom is -0.353 e. The van der Waals surface area contributed by atoms with Gasteiger partial charge in [0.25, 0.3) is 0 Å². The van der Waals surface area contributed by atoms with Gasteiger partial charge in [-0.2, -0.15) is 0 Å². The van der Waals surface area contributed by atoms with Gasteiger partial charge in [0.2, 0.25) is 5.91 Å². The molecule has 148 valence electrons. The fourth-order valence-corrected chi connectivity index (χ4v) is 6.01. The number of hydrogen-bond donors (Lipinski definition) is 1. The van der Waals surface area contributed by atoms with Crippen molar-refractivity contribution in [3.05, 3.63) is 36.2 Å². The van der Waals surface area contributed by atoms with Crippen LogP contribution in [0.2, 0.25) is 0 Å². The molecule has 5 nitrogen and oxygen atoms in total. The lowest BCUT2D eigenvalue weighted by Crippen LogP contribution is -2.40. The molecule has 6 heteroatoms. The van der Waals surface area contributed by atoms with E-state index in [0.29, 0.717) is 17.6 Å². The molecule has 1 heterocycles. The highest BCUT2D eigenvalue weighted by molar-refractivity contribution is 7.99. The molecule has 2 bridgehead atoms. The largest absolute Gasteiger partial charge is 0.353 e. The van der Waals surface area contributed by atoms with Gasteiger partial charge < -0.3 is 5.32 Å². The van der Waals surface area contributed by atoms with Crippen molar-refractivity contribution >= 4 is 17.7 Å². The van der Waals surface area contributed by atoms with Crippen molar-refractivity contribution in [1.82, 2.24) is 20.1 Å². The van der Waals surface area contributed by atoms with Crippen LogP contribution in [0, 0.1) is 17.8 Å². The molecule has 1 aromatic heterocycles. The van der Waals surface area contributed by atoms with Gasteiger partial charge in [0.15, 0.2) is 5.16 Å². The molecule has 1 N–H and O–H groups in total. The average molecular weight is 397 g/mol. The van der Waals surface area contributed by atoms with Crippen LogP contribution in [-0.2, 0) is 4.79 Å². The lowest BCUT2D eigenvalue weighted by molar-refractivity contribution is -0.119. The van der Waals surface area contributed by atoms with Crippen LogP contribution in [0.5, 0.6) is 0 Å². The van der Waals surface area contributed by atoms with Gasteiger partial charge in [-0.15, -0.1) is 10.2 Å². The van der Waals surface area contributed by atoms with Gasteiger partial charge in [-0.25, -0.2) is 0 Å². The third-order valence-electron chi connectivity index (χ3n) is 6.77. The predicted octanol–water partition coefficient (Wildman–Crippen LogP) is 4.18. The molecule has 0 radical (unpaired) electrons. The summed E-state index contributed by atoms with van der Waals surface area (Å²) in [6.45, 7) is 2.19. The number of benzene rings is 1. The van der Waals surface area contributed by atoms with Crippen LogP contribution >= 0.6 is 11.8 Å². The van der Waals surface area contributed by atoms with E-state index in [0.717, 1.165) is 28.5 Å². The van der Waals surface area contributed by atoms with E-state index in [1.807, 2.05) is 18.2 Å². The minimum atomic E-state index is 0.107. The van der Waals surface area contributed by atoms with Gasteiger partial charge in [0, 0.05) is 17.6 Å². The molecule has 4 unspecified atom stereocenters. The van der Waals surface area contributed by atoms with Crippen LogP contribution in [-0.4, -0.2) is 32.5 Å². The van der Waals surface area contributed by atoms with Gasteiger partial charge in [-0.3, -0.25) is 9.36 Å². The summed E-state index contributed by atoms with van der Waals surface area (Å²) < 4.78 is 2.13. The second-order valence-electron chi connectivity index (χ2n) is 8.77. The third kappa shape index (κ3) is 3.59. The Labute approximate surface area is 170 Å². The Balaban J connectivity index is 1.23. The summed E-state index contributed by atoms with van der Waals surface area (Å²) in [5, 5.41) is 12.9. The topological polar surface area (TPSA) is 59.8 Å². The van der Waals surface area contributed by atoms with Crippen molar-refractivity contribution in [1.29, 1.82) is 0 Å². The zero-order valence-corrected chi connectivity index (χ0v) is 17.2. The monoisotopic (exact) mass is 396 g/mol. The van der Waals surface area contributed by atoms with Crippen LogP contribution < -0.4 is 5.32 Å². The van der Waals surface area contributed by atoms with E-state index < -0.39 is 0 Å². The minimum absolute atomic E-state index is 0.107. The number of aromatic nitrogens is 3. The summed E-state index contributed by atoms with van der Waals surface area (Å²) in [6, 6.07) is 10.5. The molecule has 5 rings (SSSR count). The van der Waals surface area contributed by atoms with E-state index in [4.69, 9.17) is 0 Å². The predicted molar refractivity (Wildman–Crippen MR) is 111 cm³/mol. The molecular weight excluding hydrogens is 368 g/mol. The zero-order chi connectivity index (χ0) is 19.1. The Kier molecular flexibility index (Phi) is 4.91. The van der Waals surface area contributed by atoms with Crippen LogP contribution in [0.4, 0.5) is 0 Å². The molecule has 3 saturated carbocycles. The van der Waals surface area contributed by atoms with E-state index in [2.05, 4.69) is 39.1 Å². The maximum atomic E-state index is 12.6. The fourth-order valence-electron chi connectivity index (χ4n) is 5.24. The highest BCUT2D eigenvalue weighted by Crippen LogP contribution is 2.49. The first-order valence-electron chi connectivity index (χ1n) is 10.6. The SMILES string of the molecule is CC(NC(=O)CSc1nnc(C2CC2)n1-c1ccccc1)C1CC2CCC1C2. The second-order valence-corrected chi connectivity index (χ2v) is 9.71. The van der Waals surface area contributed by atoms with Gasteiger partial charge in [-0.1, -0.05) is 36.4 Å². The Morgan fingerprint density at radius 2 is 2.00 bits per heavy atom. The van der Waals surface area contributed by atoms with E-state index >= 15 is 0 Å². The standard InChI is InChI=1S/C22H28N4OS/c1-14(19-12-15-7-8-17(19)11-15)23-20(27)13-28-22-25-24-21(16-9-10-16)26(22)18-5-3-2-4-6-18/h2-6,14-17,19H,7-13H2,1H3,(H,23,27). The van der Waals surface area contributed by atoms with Crippen LogP contribution in [0.15, 0.2) is 35.5 Å². The summed E-state index contributed by atoms with van der Waals surface area (Å²) in [7, 11) is 0. The van der Waals surface area contributed by atoms with Gasteiger partial charge in [0.05, 0.1) is 5.75 Å². The van der Waals surface area contributed by atoms with Crippen molar-refractivity contribution in [2.75, 3.05) is 5.75 Å². The normalized spacial score (nSPS) is 27.1. The maximum Gasteiger partial charge on any atom is 0.230 e. The summed E-state index contributed by atoms with van der Waals surface area (Å²) in [5.74, 6) is 4.45. The van der Waals surface area contributed by atoms with Crippen molar-refractivity contribution in [3.8, 4) is 5.69 Å². The highest BCUT2D eigenvalue weighted by atomic mass is 32.2. The number of amides is 1. The number of fused-ring (bicyclic) bond motifs is 2. The molecule has 3 aliphatic carbocycles. The number of nitrogens with zero attached hydrogens (tertiary/aromatic N) is 3. The summed E-state index contributed by atoms with van der Waals surface area (Å²) in [6.07, 6.45) is 7.79. The number of rotatable bonds is 7. The van der Waals surface area contributed by atoms with Gasteiger partial charge >= 0.3 is 0 Å². The lowest BCUT2D eigenvalue weighted by atomic mass is 9.84. The van der Waals surface area contributed by atoms with Crippen molar-refractivity contribution in [2.45, 2.75) is 62.6 Å². The number of nitrogens with one attached hydrogen (secondary N) is 1. The highest BCUT2D eigenvalue weighted by Gasteiger charge is 2.42. The van der Waals surface area contributed by atoms with Crippen molar-refractivity contribution in [2.24, 2.45) is 17.8 Å². The Bertz CT molecular complexity index is 847. The van der Waals surface area contributed by atoms with Gasteiger partial charge in [0.1, 0.15) is 5.82 Å². The number of carbonyl (C=O) groups excluding carboxylic acids is 1. The van der Waals surface area contributed by atoms with Crippen LogP contribution in [0.1, 0.15) is 57.2 Å². The average Bonchev–Trinajstić information content (AvgIpc) is 3.14. The Hall–Kier alpha value is -1.82. The first-order chi connectivity index (χ1) is 13.7. The van der Waals surface area contributed by atoms with Crippen LogP contribution in [0.3, 0.4) is 0 Å². The molecule has 2 aromatic rings. The molecule has 28 heavy (non-hydrogen) atoms.